The van der Waals surface area contributed by atoms with Crippen LogP contribution >= 0.6 is 0 Å². The highest BCUT2D eigenvalue weighted by Gasteiger charge is 2.20. The molecule has 0 amide bonds. The van der Waals surface area contributed by atoms with Crippen molar-refractivity contribution in [3.63, 3.8) is 0 Å². The van der Waals surface area contributed by atoms with Gasteiger partial charge in [0.2, 0.25) is 0 Å². The van der Waals surface area contributed by atoms with Crippen LogP contribution in [-0.4, -0.2) is 9.38 Å². The first-order chi connectivity index (χ1) is 19.3. The Hall–Kier alpha value is -5.28. The van der Waals surface area contributed by atoms with Gasteiger partial charge in [-0.15, -0.1) is 0 Å². The Balaban J connectivity index is 1.56. The van der Waals surface area contributed by atoms with E-state index in [1.807, 2.05) is 60.7 Å². The number of hydrogen-bond acceptors (Lipinski definition) is 2. The van der Waals surface area contributed by atoms with Crippen molar-refractivity contribution in [3.8, 4) is 33.4 Å². The number of fused-ring (bicyclic) bond motifs is 4. The molecule has 0 saturated carbocycles. The second kappa shape index (κ2) is 8.37. The Morgan fingerprint density at radius 1 is 0.487 bits per heavy atom. The van der Waals surface area contributed by atoms with Crippen molar-refractivity contribution in [1.29, 1.82) is 0 Å². The van der Waals surface area contributed by atoms with Gasteiger partial charge in [-0.05, 0) is 57.5 Å². The van der Waals surface area contributed by atoms with Crippen LogP contribution < -0.4 is 5.56 Å². The van der Waals surface area contributed by atoms with Crippen molar-refractivity contribution in [1.82, 2.24) is 9.38 Å². The van der Waals surface area contributed by atoms with E-state index in [0.29, 0.717) is 11.0 Å². The van der Waals surface area contributed by atoms with Crippen molar-refractivity contribution in [3.05, 3.63) is 144 Å². The molecule has 182 valence electrons. The molecule has 2 aromatic heterocycles. The molecule has 0 spiro atoms. The predicted octanol–water partition coefficient (Wildman–Crippen LogP) is 8.59. The minimum absolute atomic E-state index is 0.0433. The molecule has 0 aliphatic carbocycles. The molecule has 0 atom stereocenters. The van der Waals surface area contributed by atoms with Crippen LogP contribution in [0, 0.1) is 0 Å². The Morgan fingerprint density at radius 2 is 1.10 bits per heavy atom. The van der Waals surface area contributed by atoms with E-state index in [9.17, 15) is 4.79 Å². The summed E-state index contributed by atoms with van der Waals surface area (Å²) in [7, 11) is 0. The van der Waals surface area contributed by atoms with E-state index >= 15 is 0 Å². The summed E-state index contributed by atoms with van der Waals surface area (Å²) >= 11 is 0. The van der Waals surface area contributed by atoms with Gasteiger partial charge in [0.1, 0.15) is 5.65 Å². The summed E-state index contributed by atoms with van der Waals surface area (Å²) in [5, 5.41) is 3.71. The molecule has 3 nitrogen and oxygen atoms in total. The standard InChI is InChI=1S/C36H22N2O/c39-36-31-22-26(23-11-4-1-5-12-23)21-30-27(24-13-6-2-7-14-24)19-20-29(33(30)31)35-37-34-28(25-15-8-3-9-16-25)17-10-18-32(34)38(35)36/h1-22H. The molecule has 2 heterocycles. The third-order valence-electron chi connectivity index (χ3n) is 7.75. The molecule has 39 heavy (non-hydrogen) atoms. The van der Waals surface area contributed by atoms with Crippen molar-refractivity contribution < 1.29 is 0 Å². The summed E-state index contributed by atoms with van der Waals surface area (Å²) in [6, 6.07) is 45.6. The topological polar surface area (TPSA) is 34.4 Å². The molecule has 0 unspecified atom stereocenters. The van der Waals surface area contributed by atoms with Gasteiger partial charge >= 0.3 is 0 Å². The number of aromatic nitrogens is 2. The summed E-state index contributed by atoms with van der Waals surface area (Å²) < 4.78 is 1.80. The van der Waals surface area contributed by atoms with Gasteiger partial charge < -0.3 is 0 Å². The molecule has 0 aliphatic rings. The Bertz CT molecular complexity index is 2220. The Kier molecular flexibility index (Phi) is 4.67. The average Bonchev–Trinajstić information content (AvgIpc) is 3.41. The van der Waals surface area contributed by atoms with E-state index in [-0.39, 0.29) is 5.56 Å². The first-order valence-corrected chi connectivity index (χ1v) is 13.1. The van der Waals surface area contributed by atoms with E-state index in [0.717, 1.165) is 60.6 Å². The number of para-hydroxylation sites is 1. The number of imidazole rings is 1. The van der Waals surface area contributed by atoms with E-state index in [4.69, 9.17) is 4.98 Å². The predicted molar refractivity (Wildman–Crippen MR) is 161 cm³/mol. The van der Waals surface area contributed by atoms with Crippen molar-refractivity contribution in [2.45, 2.75) is 0 Å². The zero-order valence-electron chi connectivity index (χ0n) is 21.0. The molecule has 0 radical (unpaired) electrons. The van der Waals surface area contributed by atoms with Gasteiger partial charge in [0.25, 0.3) is 5.56 Å². The van der Waals surface area contributed by atoms with Crippen LogP contribution in [0.4, 0.5) is 0 Å². The highest BCUT2D eigenvalue weighted by molar-refractivity contribution is 6.20. The van der Waals surface area contributed by atoms with E-state index in [1.165, 1.54) is 0 Å². The first kappa shape index (κ1) is 21.8. The summed E-state index contributed by atoms with van der Waals surface area (Å²) in [6.07, 6.45) is 0. The molecular formula is C36H22N2O. The van der Waals surface area contributed by atoms with Gasteiger partial charge in [-0.3, -0.25) is 9.20 Å². The zero-order valence-corrected chi connectivity index (χ0v) is 21.0. The van der Waals surface area contributed by atoms with Gasteiger partial charge in [-0.25, -0.2) is 4.98 Å². The largest absolute Gasteiger partial charge is 0.268 e. The van der Waals surface area contributed by atoms with Crippen molar-refractivity contribution in [2.24, 2.45) is 0 Å². The molecule has 0 bridgehead atoms. The number of pyridine rings is 1. The summed E-state index contributed by atoms with van der Waals surface area (Å²) in [5.74, 6) is 0. The lowest BCUT2D eigenvalue weighted by Gasteiger charge is -2.14. The van der Waals surface area contributed by atoms with Gasteiger partial charge in [0.05, 0.1) is 11.0 Å². The molecular weight excluding hydrogens is 476 g/mol. The van der Waals surface area contributed by atoms with Gasteiger partial charge in [0.15, 0.2) is 0 Å². The first-order valence-electron chi connectivity index (χ1n) is 13.1. The number of benzene rings is 6. The van der Waals surface area contributed by atoms with Gasteiger partial charge in [-0.1, -0.05) is 109 Å². The van der Waals surface area contributed by atoms with Crippen LogP contribution in [0.5, 0.6) is 0 Å². The molecule has 0 aliphatic heterocycles. The number of rotatable bonds is 3. The summed E-state index contributed by atoms with van der Waals surface area (Å²) in [5.41, 5.74) is 8.76. The lowest BCUT2D eigenvalue weighted by molar-refractivity contribution is 1.19. The van der Waals surface area contributed by atoms with Gasteiger partial charge in [0, 0.05) is 21.7 Å². The SMILES string of the molecule is O=c1c2cc(-c3ccccc3)cc3c(-c4ccccc4)ccc(c32)c2nc3c(-c4ccccc4)cccc3n12. The average molecular weight is 499 g/mol. The van der Waals surface area contributed by atoms with E-state index in [1.54, 1.807) is 4.40 Å². The third kappa shape index (κ3) is 3.23. The molecule has 8 rings (SSSR count). The zero-order chi connectivity index (χ0) is 25.9. The summed E-state index contributed by atoms with van der Waals surface area (Å²) in [6.45, 7) is 0. The monoisotopic (exact) mass is 498 g/mol. The number of hydrogen-bond donors (Lipinski definition) is 0. The fourth-order valence-corrected chi connectivity index (χ4v) is 5.96. The van der Waals surface area contributed by atoms with Crippen LogP contribution in [0.2, 0.25) is 0 Å². The molecule has 6 aromatic carbocycles. The van der Waals surface area contributed by atoms with Crippen LogP contribution in [0.1, 0.15) is 0 Å². The smallest absolute Gasteiger partial charge is 0.264 e. The van der Waals surface area contributed by atoms with Gasteiger partial charge in [-0.2, -0.15) is 0 Å². The maximum Gasteiger partial charge on any atom is 0.264 e. The van der Waals surface area contributed by atoms with Crippen LogP contribution in [0.3, 0.4) is 0 Å². The second-order valence-corrected chi connectivity index (χ2v) is 9.95. The maximum absolute atomic E-state index is 14.4. The van der Waals surface area contributed by atoms with E-state index < -0.39 is 0 Å². The molecule has 3 heteroatoms. The fraction of sp³-hybridized carbons (Fsp3) is 0. The highest BCUT2D eigenvalue weighted by atomic mass is 16.1. The maximum atomic E-state index is 14.4. The van der Waals surface area contributed by atoms with Crippen LogP contribution in [0.25, 0.3) is 71.6 Å². The summed E-state index contributed by atoms with van der Waals surface area (Å²) in [4.78, 5) is 19.5. The Morgan fingerprint density at radius 3 is 1.79 bits per heavy atom. The van der Waals surface area contributed by atoms with E-state index in [2.05, 4.69) is 72.8 Å². The number of nitrogens with zero attached hydrogens (tertiary/aromatic N) is 2. The molecule has 8 aromatic rings. The Labute approximate surface area is 224 Å². The lowest BCUT2D eigenvalue weighted by Crippen LogP contribution is -2.13. The second-order valence-electron chi connectivity index (χ2n) is 9.95. The van der Waals surface area contributed by atoms with Crippen LogP contribution in [0.15, 0.2) is 138 Å². The minimum atomic E-state index is -0.0433. The third-order valence-corrected chi connectivity index (χ3v) is 7.75. The van der Waals surface area contributed by atoms with Crippen LogP contribution in [-0.2, 0) is 0 Å². The normalized spacial score (nSPS) is 11.7. The highest BCUT2D eigenvalue weighted by Crippen LogP contribution is 2.39. The fourth-order valence-electron chi connectivity index (χ4n) is 5.96. The molecule has 0 fully saturated rings. The van der Waals surface area contributed by atoms with Crippen molar-refractivity contribution >= 4 is 38.2 Å². The van der Waals surface area contributed by atoms with Crippen molar-refractivity contribution in [2.75, 3.05) is 0 Å². The molecule has 0 N–H and O–H groups in total. The quantitative estimate of drug-likeness (QED) is 0.244. The molecule has 0 saturated heterocycles. The minimum Gasteiger partial charge on any atom is -0.268 e. The lowest BCUT2D eigenvalue weighted by atomic mass is 9.91.